The number of benzene rings is 2. The number of phenols is 1. The lowest BCUT2D eigenvalue weighted by molar-refractivity contribution is -0.385. The number of ether oxygens (including phenoxy) is 1. The van der Waals surface area contributed by atoms with Gasteiger partial charge in [0.2, 0.25) is 41.4 Å². The molecule has 2 aliphatic rings. The lowest BCUT2D eigenvalue weighted by Crippen LogP contribution is -2.60. The maximum absolute atomic E-state index is 15.3. The Labute approximate surface area is 438 Å². The van der Waals surface area contributed by atoms with Crippen molar-refractivity contribution in [2.45, 2.75) is 155 Å². The molecule has 7 amide bonds. The van der Waals surface area contributed by atoms with Crippen molar-refractivity contribution in [3.05, 3.63) is 82.1 Å². The first-order valence-corrected chi connectivity index (χ1v) is 25.7. The summed E-state index contributed by atoms with van der Waals surface area (Å²) in [6.07, 6.45) is 4.89. The summed E-state index contributed by atoms with van der Waals surface area (Å²) >= 11 is 0. The molecule has 2 aliphatic heterocycles. The third-order valence-electron chi connectivity index (χ3n) is 14.1. The van der Waals surface area contributed by atoms with Gasteiger partial charge in [0.25, 0.3) is 0 Å². The monoisotopic (exact) mass is 1040 g/mol. The van der Waals surface area contributed by atoms with Crippen LogP contribution in [0.1, 0.15) is 99.1 Å². The number of allylic oxidation sites excluding steroid dienone is 1. The number of nitro groups is 1. The highest BCUT2D eigenvalue weighted by Crippen LogP contribution is 2.36. The van der Waals surface area contributed by atoms with Crippen molar-refractivity contribution < 1.29 is 53.4 Å². The van der Waals surface area contributed by atoms with Crippen molar-refractivity contribution in [1.82, 2.24) is 41.0 Å². The second-order valence-corrected chi connectivity index (χ2v) is 21.5. The van der Waals surface area contributed by atoms with Gasteiger partial charge in [-0.3, -0.25) is 43.7 Å². The summed E-state index contributed by atoms with van der Waals surface area (Å²) < 4.78 is 7.83. The summed E-state index contributed by atoms with van der Waals surface area (Å²) in [6, 6.07) is 1.81. The van der Waals surface area contributed by atoms with Gasteiger partial charge in [0.1, 0.15) is 48.4 Å². The molecular weight excluding hydrogens is 967 g/mol. The number of phenolic OH excluding ortho intramolecular Hbond substituents is 1. The van der Waals surface area contributed by atoms with Crippen molar-refractivity contribution >= 4 is 57.9 Å². The summed E-state index contributed by atoms with van der Waals surface area (Å²) in [5.74, 6) is -6.84. The summed E-state index contributed by atoms with van der Waals surface area (Å²) in [5.41, 5.74) is 0.541. The van der Waals surface area contributed by atoms with E-state index in [0.717, 1.165) is 27.9 Å². The fourth-order valence-corrected chi connectivity index (χ4v) is 9.51. The van der Waals surface area contributed by atoms with E-state index in [1.54, 1.807) is 26.0 Å². The molecule has 410 valence electrons. The molecule has 2 saturated heterocycles. The molecule has 2 aromatic carbocycles. The number of rotatable bonds is 16. The Morgan fingerprint density at radius 3 is 1.92 bits per heavy atom. The van der Waals surface area contributed by atoms with E-state index in [2.05, 4.69) is 31.2 Å². The summed E-state index contributed by atoms with van der Waals surface area (Å²) in [4.78, 5) is 116. The van der Waals surface area contributed by atoms with Gasteiger partial charge in [-0.25, -0.2) is 0 Å². The fourth-order valence-electron chi connectivity index (χ4n) is 9.51. The molecule has 0 bridgehead atoms. The molecule has 2 fully saturated rings. The zero-order valence-electron chi connectivity index (χ0n) is 45.0. The van der Waals surface area contributed by atoms with Gasteiger partial charge in [0.05, 0.1) is 17.1 Å². The van der Waals surface area contributed by atoms with E-state index in [1.807, 2.05) is 72.0 Å². The molecule has 75 heavy (non-hydrogen) atoms. The second-order valence-electron chi connectivity index (χ2n) is 21.5. The Balaban J connectivity index is 1.69. The highest BCUT2D eigenvalue weighted by molar-refractivity contribution is 5.99. The molecule has 0 spiro atoms. The third-order valence-corrected chi connectivity index (χ3v) is 14.1. The number of fused-ring (bicyclic) bond motifs is 1. The zero-order valence-corrected chi connectivity index (χ0v) is 45.0. The highest BCUT2D eigenvalue weighted by atomic mass is 16.6. The Kier molecular flexibility index (Phi) is 20.1. The Morgan fingerprint density at radius 2 is 1.32 bits per heavy atom. The van der Waals surface area contributed by atoms with Crippen LogP contribution < -0.4 is 26.6 Å². The van der Waals surface area contributed by atoms with Crippen LogP contribution in [0.2, 0.25) is 0 Å². The van der Waals surface area contributed by atoms with Crippen LogP contribution in [-0.2, 0) is 56.7 Å². The number of amides is 7. The van der Waals surface area contributed by atoms with Gasteiger partial charge in [0, 0.05) is 56.7 Å². The number of epoxide rings is 1. The average Bonchev–Trinajstić information content (AvgIpc) is 4.16. The Bertz CT molecular complexity index is 2610. The van der Waals surface area contributed by atoms with E-state index in [-0.39, 0.29) is 68.6 Å². The standard InChI is InChI=1S/C54H77N9O12/c1-12-13-17-37-47(66)59-40(26-35-27-62(54(8,9)46-29-75-46)41-18-15-14-16-36(35)41)53(72)61(11)43(22-31(4)5)50(69)58-39(24-34-19-20-45(65)42(25-34)63(73)74)48(67)55-33(7)52(71)60(10)44(23-32(6)28-64)51(70)57-38(21-30(2)3)49(68)56-37/h12-16,18-20,25,27,30-33,37-40,43-44,46,64-65H,17,21-24,26,28-29H2,1-11H3,(H,55,67)(H,56,68)(H,57,70)(H,58,69)(H,59,66)/b13-12+/t32-,33+,37+,38+,39+,40+,43+,44+,46-/m1/s1. The van der Waals surface area contributed by atoms with Gasteiger partial charge in [-0.1, -0.05) is 71.0 Å². The number of nitrogens with zero attached hydrogens (tertiary/aromatic N) is 4. The largest absolute Gasteiger partial charge is 0.502 e. The van der Waals surface area contributed by atoms with Crippen molar-refractivity contribution in [3.8, 4) is 5.75 Å². The second kappa shape index (κ2) is 25.6. The van der Waals surface area contributed by atoms with E-state index >= 15 is 4.79 Å². The van der Waals surface area contributed by atoms with Gasteiger partial charge >= 0.3 is 5.69 Å². The summed E-state index contributed by atoms with van der Waals surface area (Å²) in [6.45, 7) is 16.5. The minimum absolute atomic E-state index is 0.0151. The molecule has 9 atom stereocenters. The first-order chi connectivity index (χ1) is 35.3. The van der Waals surface area contributed by atoms with Crippen LogP contribution in [0.3, 0.4) is 0 Å². The molecule has 3 heterocycles. The number of hydrogen-bond acceptors (Lipinski definition) is 12. The van der Waals surface area contributed by atoms with Crippen LogP contribution in [0.4, 0.5) is 5.69 Å². The molecule has 0 aliphatic carbocycles. The number of hydrogen-bond donors (Lipinski definition) is 7. The molecule has 0 radical (unpaired) electrons. The first-order valence-electron chi connectivity index (χ1n) is 25.7. The topological polar surface area (TPSA) is 287 Å². The van der Waals surface area contributed by atoms with Gasteiger partial charge in [-0.15, -0.1) is 0 Å². The predicted molar refractivity (Wildman–Crippen MR) is 281 cm³/mol. The van der Waals surface area contributed by atoms with E-state index < -0.39 is 111 Å². The molecule has 1 aromatic heterocycles. The lowest BCUT2D eigenvalue weighted by atomic mass is 9.98. The van der Waals surface area contributed by atoms with Crippen molar-refractivity contribution in [3.63, 3.8) is 0 Å². The van der Waals surface area contributed by atoms with E-state index in [1.165, 1.54) is 32.0 Å². The summed E-state index contributed by atoms with van der Waals surface area (Å²) in [7, 11) is 2.76. The van der Waals surface area contributed by atoms with Crippen LogP contribution >= 0.6 is 0 Å². The fraction of sp³-hybridized carbons (Fsp3) is 0.574. The molecule has 0 unspecified atom stereocenters. The normalized spacial score (nSPS) is 24.7. The van der Waals surface area contributed by atoms with E-state index in [4.69, 9.17) is 4.74 Å². The number of carbonyl (C=O) groups is 7. The van der Waals surface area contributed by atoms with Crippen LogP contribution in [0.25, 0.3) is 10.9 Å². The maximum atomic E-state index is 15.3. The SMILES string of the molecule is C/C=C/C[C@@H]1NC(=O)[C@H](CC(C)C)NC(=O)[C@H](C[C@@H](C)CO)N(C)C(=O)[C@H](C)NC(=O)[C@H](Cc2ccc(O)c([N+](=O)[O-])c2)NC(=O)[C@H](CC(C)C)N(C)C(=O)[C@H](Cc2cn(C(C)(C)[C@H]3CO3)c3ccccc23)NC1=O. The molecule has 21 heteroatoms. The number of aromatic nitrogens is 1. The first kappa shape index (κ1) is 59.0. The predicted octanol–water partition coefficient (Wildman–Crippen LogP) is 3.36. The molecule has 5 rings (SSSR count). The van der Waals surface area contributed by atoms with Crippen LogP contribution in [0.5, 0.6) is 5.75 Å². The summed E-state index contributed by atoms with van der Waals surface area (Å²) in [5, 5.41) is 47.0. The Hall–Kier alpha value is -6.87. The minimum atomic E-state index is -1.54. The number of likely N-dealkylation sites (N-methyl/N-ethyl adjacent to an activating group) is 2. The minimum Gasteiger partial charge on any atom is -0.502 e. The lowest BCUT2D eigenvalue weighted by Gasteiger charge is -2.33. The molecule has 21 nitrogen and oxygen atoms in total. The van der Waals surface area contributed by atoms with Crippen LogP contribution in [0.15, 0.2) is 60.8 Å². The van der Waals surface area contributed by atoms with E-state index in [0.29, 0.717) is 12.2 Å². The van der Waals surface area contributed by atoms with Gasteiger partial charge in [0.15, 0.2) is 5.75 Å². The van der Waals surface area contributed by atoms with Crippen molar-refractivity contribution in [2.75, 3.05) is 27.3 Å². The quantitative estimate of drug-likeness (QED) is 0.0471. The zero-order chi connectivity index (χ0) is 55.6. The number of aliphatic hydroxyl groups is 1. The number of nitrogens with one attached hydrogen (secondary N) is 5. The molecular formula is C54H77N9O12. The smallest absolute Gasteiger partial charge is 0.310 e. The maximum Gasteiger partial charge on any atom is 0.310 e. The average molecular weight is 1040 g/mol. The van der Waals surface area contributed by atoms with E-state index in [9.17, 15) is 49.1 Å². The number of para-hydroxylation sites is 1. The van der Waals surface area contributed by atoms with Crippen molar-refractivity contribution in [1.29, 1.82) is 0 Å². The number of carbonyl (C=O) groups excluding carboxylic acids is 7. The van der Waals surface area contributed by atoms with Gasteiger partial charge < -0.3 is 55.9 Å². The highest BCUT2D eigenvalue weighted by Gasteiger charge is 2.43. The van der Waals surface area contributed by atoms with Crippen LogP contribution in [0, 0.1) is 27.9 Å². The number of aliphatic hydroxyl groups excluding tert-OH is 1. The van der Waals surface area contributed by atoms with Gasteiger partial charge in [-0.2, -0.15) is 0 Å². The molecule has 3 aromatic rings. The van der Waals surface area contributed by atoms with Crippen LogP contribution in [-0.4, -0.2) is 147 Å². The molecule has 0 saturated carbocycles. The molecule has 7 N–H and O–H groups in total. The Morgan fingerprint density at radius 1 is 0.760 bits per heavy atom. The van der Waals surface area contributed by atoms with Crippen molar-refractivity contribution in [2.24, 2.45) is 17.8 Å². The number of nitro benzene ring substituents is 1. The number of aromatic hydroxyl groups is 1. The van der Waals surface area contributed by atoms with Gasteiger partial charge in [-0.05, 0) is 94.4 Å². The third kappa shape index (κ3) is 14.9.